The number of nitrogens with zero attached hydrogens (tertiary/aromatic N) is 4. The van der Waals surface area contributed by atoms with Crippen LogP contribution in [0.25, 0.3) is 0 Å². The Morgan fingerprint density at radius 3 is 2.37 bits per heavy atom. The second-order valence-electron chi connectivity index (χ2n) is 11.8. The maximum Gasteiger partial charge on any atom is 0.271 e. The topological polar surface area (TPSA) is 154 Å². The zero-order valence-corrected chi connectivity index (χ0v) is 27.6. The SMILES string of the molecule is CC(C)[C@@H]1NC(=O)c2csc(n2)[C@H](Cc2ccccc2)NC(=O)CN(C(=O)CN2CCCCC2=O)CCCNC(=O)c2csc1n2. The van der Waals surface area contributed by atoms with Crippen LogP contribution in [0.5, 0.6) is 0 Å². The highest BCUT2D eigenvalue weighted by atomic mass is 32.1. The number of hydrogen-bond acceptors (Lipinski definition) is 9. The van der Waals surface area contributed by atoms with Crippen LogP contribution >= 0.6 is 22.7 Å². The molecular weight excluding hydrogens is 627 g/mol. The first-order valence-electron chi connectivity index (χ1n) is 15.6. The fourth-order valence-electron chi connectivity index (χ4n) is 5.43. The van der Waals surface area contributed by atoms with E-state index in [9.17, 15) is 24.0 Å². The molecule has 0 saturated carbocycles. The van der Waals surface area contributed by atoms with Crippen molar-refractivity contribution in [3.05, 3.63) is 68.1 Å². The molecule has 3 aromatic rings. The highest BCUT2D eigenvalue weighted by molar-refractivity contribution is 7.10. The van der Waals surface area contributed by atoms with Gasteiger partial charge in [0.25, 0.3) is 11.8 Å². The molecule has 244 valence electrons. The van der Waals surface area contributed by atoms with Crippen LogP contribution in [0.4, 0.5) is 0 Å². The number of thiazole rings is 2. The molecule has 46 heavy (non-hydrogen) atoms. The molecule has 3 N–H and O–H groups in total. The summed E-state index contributed by atoms with van der Waals surface area (Å²) in [5.41, 5.74) is 1.43. The van der Waals surface area contributed by atoms with Gasteiger partial charge in [0.2, 0.25) is 17.7 Å². The number of benzene rings is 1. The summed E-state index contributed by atoms with van der Waals surface area (Å²) in [7, 11) is 0. The van der Waals surface area contributed by atoms with Crippen LogP contribution in [0.3, 0.4) is 0 Å². The molecule has 5 amide bonds. The second kappa shape index (κ2) is 15.4. The zero-order chi connectivity index (χ0) is 32.6. The average molecular weight is 666 g/mol. The summed E-state index contributed by atoms with van der Waals surface area (Å²) in [5, 5.41) is 13.4. The molecule has 2 aromatic heterocycles. The number of piperidine rings is 1. The van der Waals surface area contributed by atoms with Gasteiger partial charge in [-0.15, -0.1) is 22.7 Å². The van der Waals surface area contributed by atoms with Crippen LogP contribution in [-0.4, -0.2) is 82.0 Å². The summed E-state index contributed by atoms with van der Waals surface area (Å²) >= 11 is 2.58. The van der Waals surface area contributed by atoms with Gasteiger partial charge in [0.05, 0.1) is 25.2 Å². The van der Waals surface area contributed by atoms with Crippen molar-refractivity contribution in [2.45, 2.75) is 58.0 Å². The predicted molar refractivity (Wildman–Crippen MR) is 174 cm³/mol. The quantitative estimate of drug-likeness (QED) is 0.379. The van der Waals surface area contributed by atoms with Crippen molar-refractivity contribution < 1.29 is 24.0 Å². The molecule has 4 heterocycles. The molecule has 0 spiro atoms. The van der Waals surface area contributed by atoms with E-state index in [1.807, 2.05) is 44.2 Å². The number of carbonyl (C=O) groups is 5. The second-order valence-corrected chi connectivity index (χ2v) is 13.6. The Hall–Kier alpha value is -4.17. The number of hydrogen-bond donors (Lipinski definition) is 3. The standard InChI is InChI=1S/C32H39N7O5S2/c1-20(2)28-32-36-23(18-46-32)29(43)33-12-8-14-38(27(42)17-39-13-7-6-11-26(39)41)16-25(40)34-22(15-21-9-4-3-5-10-21)31-35-24(19-45-31)30(44)37-28/h3-5,9-10,18-20,22,28H,6-8,11-17H2,1-2H3,(H,33,43)(H,34,40)(H,37,44)/t22-,28-/m0/s1. The van der Waals surface area contributed by atoms with Gasteiger partial charge in [0.1, 0.15) is 21.4 Å². The number of nitrogens with one attached hydrogen (secondary N) is 3. The lowest BCUT2D eigenvalue weighted by Crippen LogP contribution is -2.48. The van der Waals surface area contributed by atoms with Gasteiger partial charge in [-0.1, -0.05) is 44.2 Å². The lowest BCUT2D eigenvalue weighted by Gasteiger charge is -2.30. The van der Waals surface area contributed by atoms with E-state index in [-0.39, 0.29) is 67.1 Å². The zero-order valence-electron chi connectivity index (χ0n) is 26.0. The first-order chi connectivity index (χ1) is 22.2. The molecule has 4 bridgehead atoms. The molecule has 1 saturated heterocycles. The molecule has 0 unspecified atom stereocenters. The summed E-state index contributed by atoms with van der Waals surface area (Å²) in [5.74, 6) is -1.54. The van der Waals surface area contributed by atoms with E-state index in [1.165, 1.54) is 27.6 Å². The first kappa shape index (κ1) is 33.2. The average Bonchev–Trinajstić information content (AvgIpc) is 3.73. The maximum atomic E-state index is 13.5. The van der Waals surface area contributed by atoms with Crippen molar-refractivity contribution >= 4 is 52.2 Å². The van der Waals surface area contributed by atoms with E-state index in [1.54, 1.807) is 15.7 Å². The summed E-state index contributed by atoms with van der Waals surface area (Å²) < 4.78 is 0. The number of aromatic nitrogens is 2. The van der Waals surface area contributed by atoms with Crippen LogP contribution in [0, 0.1) is 5.92 Å². The molecule has 0 radical (unpaired) electrons. The maximum absolute atomic E-state index is 13.5. The van der Waals surface area contributed by atoms with Crippen LogP contribution in [0.15, 0.2) is 41.1 Å². The van der Waals surface area contributed by atoms with Gasteiger partial charge in [-0.2, -0.15) is 0 Å². The molecule has 0 aliphatic carbocycles. The van der Waals surface area contributed by atoms with Gasteiger partial charge in [-0.25, -0.2) is 9.97 Å². The van der Waals surface area contributed by atoms with E-state index in [0.717, 1.165) is 18.4 Å². The van der Waals surface area contributed by atoms with Gasteiger partial charge >= 0.3 is 0 Å². The molecule has 2 aliphatic heterocycles. The van der Waals surface area contributed by atoms with Gasteiger partial charge < -0.3 is 25.8 Å². The third kappa shape index (κ3) is 8.55. The Kier molecular flexibility index (Phi) is 11.1. The minimum atomic E-state index is -0.550. The fraction of sp³-hybridized carbons (Fsp3) is 0.469. The lowest BCUT2D eigenvalue weighted by molar-refractivity contribution is -0.143. The third-order valence-corrected chi connectivity index (χ3v) is 9.86. The molecule has 12 nitrogen and oxygen atoms in total. The van der Waals surface area contributed by atoms with Crippen molar-refractivity contribution in [3.63, 3.8) is 0 Å². The monoisotopic (exact) mass is 665 g/mol. The van der Waals surface area contributed by atoms with Gasteiger partial charge in [-0.05, 0) is 37.2 Å². The molecule has 2 aliphatic rings. The van der Waals surface area contributed by atoms with Crippen LogP contribution in [0.1, 0.15) is 88.2 Å². The van der Waals surface area contributed by atoms with E-state index >= 15 is 0 Å². The molecule has 5 rings (SSSR count). The Bertz CT molecular complexity index is 1560. The van der Waals surface area contributed by atoms with Crippen molar-refractivity contribution in [1.82, 2.24) is 35.7 Å². The van der Waals surface area contributed by atoms with E-state index in [2.05, 4.69) is 25.9 Å². The van der Waals surface area contributed by atoms with E-state index in [4.69, 9.17) is 0 Å². The Labute approximate surface area is 276 Å². The van der Waals surface area contributed by atoms with Gasteiger partial charge in [0.15, 0.2) is 0 Å². The fourth-order valence-corrected chi connectivity index (χ4v) is 7.30. The molecule has 2 atom stereocenters. The van der Waals surface area contributed by atoms with Gasteiger partial charge in [0, 0.05) is 36.8 Å². The van der Waals surface area contributed by atoms with Crippen LogP contribution in [-0.2, 0) is 20.8 Å². The van der Waals surface area contributed by atoms with Crippen molar-refractivity contribution in [1.29, 1.82) is 0 Å². The van der Waals surface area contributed by atoms with Crippen molar-refractivity contribution in [3.8, 4) is 0 Å². The molecule has 1 fully saturated rings. The highest BCUT2D eigenvalue weighted by Crippen LogP contribution is 2.27. The van der Waals surface area contributed by atoms with E-state index < -0.39 is 18.0 Å². The number of rotatable bonds is 5. The van der Waals surface area contributed by atoms with Crippen molar-refractivity contribution in [2.75, 3.05) is 32.7 Å². The minimum Gasteiger partial charge on any atom is -0.351 e. The van der Waals surface area contributed by atoms with Crippen LogP contribution < -0.4 is 16.0 Å². The third-order valence-electron chi connectivity index (χ3n) is 7.97. The van der Waals surface area contributed by atoms with Crippen molar-refractivity contribution in [2.24, 2.45) is 5.92 Å². The predicted octanol–water partition coefficient (Wildman–Crippen LogP) is 3.10. The minimum absolute atomic E-state index is 0.00732. The Balaban J connectivity index is 1.43. The molecule has 14 heteroatoms. The largest absolute Gasteiger partial charge is 0.351 e. The number of likely N-dealkylation sites (tertiary alicyclic amines) is 1. The summed E-state index contributed by atoms with van der Waals surface area (Å²) in [6, 6.07) is 8.67. The Morgan fingerprint density at radius 1 is 0.913 bits per heavy atom. The lowest BCUT2D eigenvalue weighted by atomic mass is 10.0. The molecular formula is C32H39N7O5S2. The summed E-state index contributed by atoms with van der Waals surface area (Å²) in [6.07, 6.45) is 2.86. The molecule has 1 aromatic carbocycles. The van der Waals surface area contributed by atoms with Gasteiger partial charge in [-0.3, -0.25) is 24.0 Å². The van der Waals surface area contributed by atoms with E-state index in [0.29, 0.717) is 35.8 Å². The summed E-state index contributed by atoms with van der Waals surface area (Å²) in [4.78, 5) is 77.9. The number of fused-ring (bicyclic) bond motifs is 4. The number of amides is 5. The smallest absolute Gasteiger partial charge is 0.271 e. The normalized spacial score (nSPS) is 20.3. The highest BCUT2D eigenvalue weighted by Gasteiger charge is 2.28. The number of carbonyl (C=O) groups excluding carboxylic acids is 5. The Morgan fingerprint density at radius 2 is 1.63 bits per heavy atom. The van der Waals surface area contributed by atoms with Crippen LogP contribution in [0.2, 0.25) is 0 Å². The first-order valence-corrected chi connectivity index (χ1v) is 17.3. The summed E-state index contributed by atoms with van der Waals surface area (Å²) in [6.45, 7) is 4.56.